The molecule has 0 aliphatic heterocycles. The predicted molar refractivity (Wildman–Crippen MR) is 59.4 cm³/mol. The van der Waals surface area contributed by atoms with Crippen LogP contribution in [0.5, 0.6) is 6.01 Å². The first-order valence-corrected chi connectivity index (χ1v) is 5.31. The van der Waals surface area contributed by atoms with Crippen LogP contribution in [0.3, 0.4) is 0 Å². The molecule has 0 aliphatic carbocycles. The summed E-state index contributed by atoms with van der Waals surface area (Å²) in [7, 11) is 0. The Balaban J connectivity index is 2.98. The molecule has 18 heavy (non-hydrogen) atoms. The van der Waals surface area contributed by atoms with Crippen LogP contribution in [-0.2, 0) is 0 Å². The van der Waals surface area contributed by atoms with Gasteiger partial charge in [0.05, 0.1) is 6.61 Å². The number of nitrogens with zero attached hydrogens (tertiary/aromatic N) is 4. The van der Waals surface area contributed by atoms with E-state index in [9.17, 15) is 13.2 Å². The first-order valence-electron chi connectivity index (χ1n) is 5.31. The molecule has 0 radical (unpaired) electrons. The minimum absolute atomic E-state index is 0.0828. The zero-order valence-electron chi connectivity index (χ0n) is 10.0. The maximum atomic E-state index is 12.4. The van der Waals surface area contributed by atoms with Gasteiger partial charge in [-0.1, -0.05) is 0 Å². The third-order valence-corrected chi connectivity index (χ3v) is 1.93. The van der Waals surface area contributed by atoms with Crippen molar-refractivity contribution in [3.05, 3.63) is 0 Å². The van der Waals surface area contributed by atoms with Crippen LogP contribution < -0.4 is 15.4 Å². The summed E-state index contributed by atoms with van der Waals surface area (Å²) < 4.78 is 42.1. The highest BCUT2D eigenvalue weighted by molar-refractivity contribution is 5.36. The summed E-state index contributed by atoms with van der Waals surface area (Å²) in [4.78, 5) is 12.1. The Morgan fingerprint density at radius 3 is 2.39 bits per heavy atom. The number of ether oxygens (including phenoxy) is 1. The Bertz CT molecular complexity index is 398. The molecule has 0 unspecified atom stereocenters. The molecule has 0 atom stereocenters. The highest BCUT2D eigenvalue weighted by Gasteiger charge is 2.31. The smallest absolute Gasteiger partial charge is 0.406 e. The molecule has 0 aromatic carbocycles. The molecule has 9 heteroatoms. The molecule has 0 saturated heterocycles. The topological polar surface area (TPSA) is 77.2 Å². The van der Waals surface area contributed by atoms with Gasteiger partial charge >= 0.3 is 12.2 Å². The lowest BCUT2D eigenvalue weighted by molar-refractivity contribution is -0.119. The van der Waals surface area contributed by atoms with Crippen LogP contribution in [0.4, 0.5) is 25.1 Å². The van der Waals surface area contributed by atoms with E-state index in [0.29, 0.717) is 0 Å². The summed E-state index contributed by atoms with van der Waals surface area (Å²) in [5.74, 6) is -0.324. The number of hydrogen-bond donors (Lipinski definition) is 1. The highest BCUT2D eigenvalue weighted by Crippen LogP contribution is 2.20. The van der Waals surface area contributed by atoms with E-state index in [4.69, 9.17) is 10.5 Å². The molecule has 1 heterocycles. The van der Waals surface area contributed by atoms with E-state index >= 15 is 0 Å². The van der Waals surface area contributed by atoms with Crippen molar-refractivity contribution in [3.8, 4) is 6.01 Å². The monoisotopic (exact) mass is 265 g/mol. The zero-order chi connectivity index (χ0) is 13.8. The number of aromatic nitrogens is 3. The number of rotatable bonds is 5. The third-order valence-electron chi connectivity index (χ3n) is 1.93. The van der Waals surface area contributed by atoms with Gasteiger partial charge in [0.2, 0.25) is 11.9 Å². The van der Waals surface area contributed by atoms with E-state index in [1.54, 1.807) is 13.8 Å². The van der Waals surface area contributed by atoms with E-state index in [1.165, 1.54) is 0 Å². The fourth-order valence-electron chi connectivity index (χ4n) is 1.24. The maximum absolute atomic E-state index is 12.4. The van der Waals surface area contributed by atoms with Gasteiger partial charge in [-0.3, -0.25) is 0 Å². The fraction of sp³-hybridized carbons (Fsp3) is 0.667. The number of hydrogen-bond acceptors (Lipinski definition) is 6. The molecule has 0 saturated carbocycles. The van der Waals surface area contributed by atoms with Crippen molar-refractivity contribution in [1.29, 1.82) is 0 Å². The second kappa shape index (κ2) is 5.69. The van der Waals surface area contributed by atoms with Gasteiger partial charge in [0.25, 0.3) is 0 Å². The van der Waals surface area contributed by atoms with Crippen molar-refractivity contribution in [2.75, 3.05) is 30.3 Å². The first-order chi connectivity index (χ1) is 8.35. The maximum Gasteiger partial charge on any atom is 0.406 e. The largest absolute Gasteiger partial charge is 0.464 e. The highest BCUT2D eigenvalue weighted by atomic mass is 19.4. The molecule has 102 valence electrons. The van der Waals surface area contributed by atoms with Gasteiger partial charge in [-0.05, 0) is 13.8 Å². The Morgan fingerprint density at radius 1 is 1.22 bits per heavy atom. The van der Waals surface area contributed by atoms with E-state index in [2.05, 4.69) is 15.0 Å². The van der Waals surface area contributed by atoms with E-state index < -0.39 is 12.7 Å². The summed E-state index contributed by atoms with van der Waals surface area (Å²) in [5.41, 5.74) is 5.40. The van der Waals surface area contributed by atoms with Crippen LogP contribution in [0.25, 0.3) is 0 Å². The Morgan fingerprint density at radius 2 is 1.89 bits per heavy atom. The van der Waals surface area contributed by atoms with Crippen molar-refractivity contribution in [3.63, 3.8) is 0 Å². The average Bonchev–Trinajstić information content (AvgIpc) is 2.24. The summed E-state index contributed by atoms with van der Waals surface area (Å²) in [6.45, 7) is 2.49. The van der Waals surface area contributed by atoms with Crippen LogP contribution in [0.2, 0.25) is 0 Å². The molecule has 0 amide bonds. The van der Waals surface area contributed by atoms with Crippen LogP contribution in [0.1, 0.15) is 13.8 Å². The minimum Gasteiger partial charge on any atom is -0.464 e. The molecule has 0 spiro atoms. The summed E-state index contributed by atoms with van der Waals surface area (Å²) in [6.07, 6.45) is -4.34. The van der Waals surface area contributed by atoms with Gasteiger partial charge in [-0.2, -0.15) is 28.1 Å². The Labute approximate surface area is 102 Å². The predicted octanol–water partition coefficient (Wildman–Crippen LogP) is 1.24. The molecular formula is C9H14F3N5O. The SMILES string of the molecule is CCOc1nc(N)nc(N(CC)CC(F)(F)F)n1. The van der Waals surface area contributed by atoms with Crippen molar-refractivity contribution < 1.29 is 17.9 Å². The molecular weight excluding hydrogens is 251 g/mol. The standard InChI is InChI=1S/C9H14F3N5O/c1-3-17(5-9(10,11)12)7-14-6(13)15-8(16-7)18-4-2/h3-5H2,1-2H3,(H2,13,14,15,16). The van der Waals surface area contributed by atoms with E-state index in [-0.39, 0.29) is 31.1 Å². The molecule has 0 bridgehead atoms. The van der Waals surface area contributed by atoms with E-state index in [0.717, 1.165) is 4.90 Å². The number of nitrogens with two attached hydrogens (primary N) is 1. The average molecular weight is 265 g/mol. The quantitative estimate of drug-likeness (QED) is 0.863. The van der Waals surface area contributed by atoms with Crippen molar-refractivity contribution in [2.45, 2.75) is 20.0 Å². The normalized spacial score (nSPS) is 11.4. The van der Waals surface area contributed by atoms with Crippen LogP contribution in [-0.4, -0.2) is 40.8 Å². The lowest BCUT2D eigenvalue weighted by Gasteiger charge is -2.22. The van der Waals surface area contributed by atoms with Crippen LogP contribution in [0.15, 0.2) is 0 Å². The van der Waals surface area contributed by atoms with Gasteiger partial charge < -0.3 is 15.4 Å². The van der Waals surface area contributed by atoms with Gasteiger partial charge in [-0.25, -0.2) is 0 Å². The fourth-order valence-corrected chi connectivity index (χ4v) is 1.24. The van der Waals surface area contributed by atoms with Crippen molar-refractivity contribution >= 4 is 11.9 Å². The van der Waals surface area contributed by atoms with Crippen molar-refractivity contribution in [1.82, 2.24) is 15.0 Å². The lowest BCUT2D eigenvalue weighted by Crippen LogP contribution is -2.35. The number of halogens is 3. The molecule has 2 N–H and O–H groups in total. The first kappa shape index (κ1) is 14.3. The Hall–Kier alpha value is -1.80. The molecule has 1 aromatic heterocycles. The van der Waals surface area contributed by atoms with Crippen LogP contribution in [0, 0.1) is 0 Å². The summed E-state index contributed by atoms with van der Waals surface area (Å²) in [6, 6.07) is -0.0828. The second-order valence-electron chi connectivity index (χ2n) is 3.34. The third kappa shape index (κ3) is 4.22. The minimum atomic E-state index is -4.34. The zero-order valence-corrected chi connectivity index (χ0v) is 10.0. The molecule has 6 nitrogen and oxygen atoms in total. The second-order valence-corrected chi connectivity index (χ2v) is 3.34. The Kier molecular flexibility index (Phi) is 4.51. The lowest BCUT2D eigenvalue weighted by atomic mass is 10.5. The summed E-state index contributed by atoms with van der Waals surface area (Å²) >= 11 is 0. The number of alkyl halides is 3. The van der Waals surface area contributed by atoms with Gasteiger partial charge in [0, 0.05) is 6.54 Å². The summed E-state index contributed by atoms with van der Waals surface area (Å²) in [5, 5.41) is 0. The number of anilines is 2. The molecule has 1 rings (SSSR count). The van der Waals surface area contributed by atoms with Gasteiger partial charge in [-0.15, -0.1) is 0 Å². The van der Waals surface area contributed by atoms with E-state index in [1.807, 2.05) is 0 Å². The van der Waals surface area contributed by atoms with Gasteiger partial charge in [0.1, 0.15) is 6.54 Å². The molecule has 0 fully saturated rings. The van der Waals surface area contributed by atoms with Gasteiger partial charge in [0.15, 0.2) is 0 Å². The molecule has 1 aromatic rings. The molecule has 0 aliphatic rings. The van der Waals surface area contributed by atoms with Crippen molar-refractivity contribution in [2.24, 2.45) is 0 Å². The number of nitrogen functional groups attached to an aromatic ring is 1. The van der Waals surface area contributed by atoms with Crippen LogP contribution >= 0.6 is 0 Å².